The molecule has 1 aliphatic rings. The number of nitrogens with zero attached hydrogens (tertiary/aromatic N) is 3. The highest BCUT2D eigenvalue weighted by molar-refractivity contribution is 14.0. The smallest absolute Gasteiger partial charge is 0.191 e. The van der Waals surface area contributed by atoms with E-state index in [4.69, 9.17) is 0 Å². The summed E-state index contributed by atoms with van der Waals surface area (Å²) < 4.78 is 0. The highest BCUT2D eigenvalue weighted by Gasteiger charge is 2.09. The van der Waals surface area contributed by atoms with Crippen LogP contribution in [-0.2, 0) is 19.6 Å². The van der Waals surface area contributed by atoms with Gasteiger partial charge in [-0.25, -0.2) is 0 Å². The Hall–Kier alpha value is -1.67. The summed E-state index contributed by atoms with van der Waals surface area (Å²) in [5, 5.41) is 6.71. The lowest BCUT2D eigenvalue weighted by atomic mass is 10.1. The molecule has 0 aliphatic carbocycles. The highest BCUT2D eigenvalue weighted by Crippen LogP contribution is 2.14. The number of benzene rings is 1. The molecule has 152 valence electrons. The van der Waals surface area contributed by atoms with Crippen LogP contribution in [0.25, 0.3) is 0 Å². The van der Waals surface area contributed by atoms with Crippen LogP contribution in [0.1, 0.15) is 42.5 Å². The third-order valence-electron chi connectivity index (χ3n) is 4.94. The number of nitrogens with one attached hydrogen (secondary N) is 2. The minimum absolute atomic E-state index is 0. The molecule has 1 aromatic heterocycles. The van der Waals surface area contributed by atoms with Crippen molar-refractivity contribution in [3.8, 4) is 0 Å². The lowest BCUT2D eigenvalue weighted by molar-refractivity contribution is 0.277. The molecule has 6 heteroatoms. The third-order valence-corrected chi connectivity index (χ3v) is 4.94. The van der Waals surface area contributed by atoms with E-state index in [-0.39, 0.29) is 24.0 Å². The fourth-order valence-electron chi connectivity index (χ4n) is 3.47. The van der Waals surface area contributed by atoms with Gasteiger partial charge in [0.15, 0.2) is 5.96 Å². The molecule has 2 N–H and O–H groups in total. The molecule has 2 heterocycles. The van der Waals surface area contributed by atoms with Gasteiger partial charge in [-0.2, -0.15) is 0 Å². The number of pyridine rings is 1. The van der Waals surface area contributed by atoms with Crippen LogP contribution in [0.4, 0.5) is 0 Å². The minimum Gasteiger partial charge on any atom is -0.352 e. The van der Waals surface area contributed by atoms with Crippen molar-refractivity contribution in [2.75, 3.05) is 20.1 Å². The van der Waals surface area contributed by atoms with Gasteiger partial charge in [0.1, 0.15) is 0 Å². The first-order valence-corrected chi connectivity index (χ1v) is 9.98. The third kappa shape index (κ3) is 7.75. The summed E-state index contributed by atoms with van der Waals surface area (Å²) in [5.41, 5.74) is 3.68. The Morgan fingerprint density at radius 2 is 1.71 bits per heavy atom. The lowest BCUT2D eigenvalue weighted by Crippen LogP contribution is -2.36. The Morgan fingerprint density at radius 1 is 0.964 bits per heavy atom. The maximum Gasteiger partial charge on any atom is 0.191 e. The maximum absolute atomic E-state index is 4.33. The summed E-state index contributed by atoms with van der Waals surface area (Å²) in [4.78, 5) is 11.2. The molecule has 5 nitrogen and oxygen atoms in total. The van der Waals surface area contributed by atoms with E-state index in [1.165, 1.54) is 49.9 Å². The zero-order valence-corrected chi connectivity index (χ0v) is 19.1. The highest BCUT2D eigenvalue weighted by atomic mass is 127. The molecule has 0 atom stereocenters. The van der Waals surface area contributed by atoms with E-state index in [0.29, 0.717) is 6.54 Å². The van der Waals surface area contributed by atoms with E-state index in [2.05, 4.69) is 49.8 Å². The average molecular weight is 493 g/mol. The second-order valence-corrected chi connectivity index (χ2v) is 7.11. The quantitative estimate of drug-likeness (QED) is 0.364. The van der Waals surface area contributed by atoms with Gasteiger partial charge in [-0.3, -0.25) is 14.9 Å². The maximum atomic E-state index is 4.33. The Labute approximate surface area is 186 Å². The van der Waals surface area contributed by atoms with Gasteiger partial charge in [0.25, 0.3) is 0 Å². The summed E-state index contributed by atoms with van der Waals surface area (Å²) in [6, 6.07) is 14.8. The molecule has 1 aliphatic heterocycles. The normalized spacial score (nSPS) is 15.4. The van der Waals surface area contributed by atoms with Gasteiger partial charge in [0, 0.05) is 26.3 Å². The molecule has 0 radical (unpaired) electrons. The molecule has 0 bridgehead atoms. The zero-order chi connectivity index (χ0) is 18.7. The van der Waals surface area contributed by atoms with Crippen LogP contribution >= 0.6 is 24.0 Å². The van der Waals surface area contributed by atoms with Crippen molar-refractivity contribution in [1.29, 1.82) is 0 Å². The first-order chi connectivity index (χ1) is 13.3. The molecule has 2 aromatic rings. The van der Waals surface area contributed by atoms with Gasteiger partial charge >= 0.3 is 0 Å². The van der Waals surface area contributed by atoms with Crippen LogP contribution in [0.2, 0.25) is 0 Å². The van der Waals surface area contributed by atoms with Gasteiger partial charge in [0.2, 0.25) is 0 Å². The van der Waals surface area contributed by atoms with Crippen molar-refractivity contribution in [1.82, 2.24) is 20.5 Å². The van der Waals surface area contributed by atoms with Crippen LogP contribution in [0, 0.1) is 0 Å². The first kappa shape index (κ1) is 22.6. The van der Waals surface area contributed by atoms with Gasteiger partial charge in [-0.05, 0) is 49.2 Å². The molecule has 0 spiro atoms. The molecule has 1 saturated heterocycles. The fraction of sp³-hybridized carbons (Fsp3) is 0.455. The predicted octanol–water partition coefficient (Wildman–Crippen LogP) is 3.94. The van der Waals surface area contributed by atoms with E-state index < -0.39 is 0 Å². The molecular weight excluding hydrogens is 461 g/mol. The summed E-state index contributed by atoms with van der Waals surface area (Å²) >= 11 is 0. The predicted molar refractivity (Wildman–Crippen MR) is 127 cm³/mol. The van der Waals surface area contributed by atoms with Crippen molar-refractivity contribution in [2.45, 2.75) is 45.3 Å². The van der Waals surface area contributed by atoms with Crippen LogP contribution in [0.5, 0.6) is 0 Å². The number of rotatable bonds is 6. The fourth-order valence-corrected chi connectivity index (χ4v) is 3.47. The van der Waals surface area contributed by atoms with Crippen molar-refractivity contribution in [3.63, 3.8) is 0 Å². The number of aromatic nitrogens is 1. The Kier molecular flexibility index (Phi) is 10.3. The monoisotopic (exact) mass is 493 g/mol. The van der Waals surface area contributed by atoms with E-state index in [9.17, 15) is 0 Å². The van der Waals surface area contributed by atoms with E-state index in [1.54, 1.807) is 7.05 Å². The zero-order valence-electron chi connectivity index (χ0n) is 16.7. The SMILES string of the molecule is CN=C(NCc1cccc(CN2CCCCCC2)c1)NCc1ccccn1.I. The second kappa shape index (κ2) is 12.7. The largest absolute Gasteiger partial charge is 0.352 e. The van der Waals surface area contributed by atoms with E-state index in [1.807, 2.05) is 24.4 Å². The van der Waals surface area contributed by atoms with Gasteiger partial charge in [0.05, 0.1) is 12.2 Å². The molecule has 0 saturated carbocycles. The molecule has 3 rings (SSSR count). The van der Waals surface area contributed by atoms with Crippen LogP contribution < -0.4 is 10.6 Å². The molecule has 28 heavy (non-hydrogen) atoms. The van der Waals surface area contributed by atoms with Crippen LogP contribution in [0.15, 0.2) is 53.7 Å². The van der Waals surface area contributed by atoms with Gasteiger partial charge < -0.3 is 10.6 Å². The van der Waals surface area contributed by atoms with Crippen molar-refractivity contribution in [2.24, 2.45) is 4.99 Å². The molecule has 1 aromatic carbocycles. The Morgan fingerprint density at radius 3 is 2.43 bits per heavy atom. The number of hydrogen-bond acceptors (Lipinski definition) is 3. The molecular formula is C22H32IN5. The van der Waals surface area contributed by atoms with Crippen molar-refractivity contribution < 1.29 is 0 Å². The Bertz CT molecular complexity index is 712. The average Bonchev–Trinajstić information content (AvgIpc) is 2.98. The van der Waals surface area contributed by atoms with Crippen LogP contribution in [-0.4, -0.2) is 36.0 Å². The number of guanidine groups is 1. The second-order valence-electron chi connectivity index (χ2n) is 7.11. The van der Waals surface area contributed by atoms with Crippen molar-refractivity contribution >= 4 is 29.9 Å². The van der Waals surface area contributed by atoms with E-state index in [0.717, 1.165) is 24.7 Å². The molecule has 0 amide bonds. The van der Waals surface area contributed by atoms with Crippen LogP contribution in [0.3, 0.4) is 0 Å². The minimum atomic E-state index is 0. The first-order valence-electron chi connectivity index (χ1n) is 9.98. The van der Waals surface area contributed by atoms with Gasteiger partial charge in [-0.15, -0.1) is 24.0 Å². The standard InChI is InChI=1S/C22H31N5.HI/c1-23-22(26-17-21-11-4-5-12-24-21)25-16-19-9-8-10-20(15-19)18-27-13-6-2-3-7-14-27;/h4-5,8-12,15H,2-3,6-7,13-14,16-18H2,1H3,(H2,23,25,26);1H. The van der Waals surface area contributed by atoms with Gasteiger partial charge in [-0.1, -0.05) is 43.2 Å². The Balaban J connectivity index is 0.00000280. The topological polar surface area (TPSA) is 52.6 Å². The van der Waals surface area contributed by atoms with Crippen molar-refractivity contribution in [3.05, 3.63) is 65.5 Å². The number of hydrogen-bond donors (Lipinski definition) is 2. The number of aliphatic imine (C=N–C) groups is 1. The molecule has 1 fully saturated rings. The van der Waals surface area contributed by atoms with E-state index >= 15 is 0 Å². The summed E-state index contributed by atoms with van der Waals surface area (Å²) in [5.74, 6) is 0.790. The summed E-state index contributed by atoms with van der Waals surface area (Å²) in [6.07, 6.45) is 7.23. The lowest BCUT2D eigenvalue weighted by Gasteiger charge is -2.20. The number of likely N-dealkylation sites (tertiary alicyclic amines) is 1. The summed E-state index contributed by atoms with van der Waals surface area (Å²) in [6.45, 7) is 4.94. The number of halogens is 1. The summed E-state index contributed by atoms with van der Waals surface area (Å²) in [7, 11) is 1.80. The molecule has 0 unspecified atom stereocenters.